The van der Waals surface area contributed by atoms with Gasteiger partial charge in [-0.3, -0.25) is 0 Å². The van der Waals surface area contributed by atoms with Crippen LogP contribution in [0.15, 0.2) is 53.4 Å². The summed E-state index contributed by atoms with van der Waals surface area (Å²) in [6.07, 6.45) is 0. The van der Waals surface area contributed by atoms with Crippen molar-refractivity contribution in [1.82, 2.24) is 0 Å². The Labute approximate surface area is 116 Å². The first-order valence-corrected chi connectivity index (χ1v) is 7.59. The van der Waals surface area contributed by atoms with Gasteiger partial charge in [-0.2, -0.15) is 0 Å². The van der Waals surface area contributed by atoms with Crippen LogP contribution in [-0.4, -0.2) is 20.8 Å². The fourth-order valence-electron chi connectivity index (χ4n) is 1.61. The molecule has 0 saturated heterocycles. The van der Waals surface area contributed by atoms with Crippen LogP contribution >= 0.6 is 0 Å². The van der Waals surface area contributed by atoms with Gasteiger partial charge in [0, 0.05) is 5.69 Å². The van der Waals surface area contributed by atoms with E-state index in [0.717, 1.165) is 6.07 Å². The Morgan fingerprint density at radius 1 is 1.10 bits per heavy atom. The second-order valence-corrected chi connectivity index (χ2v) is 6.30. The van der Waals surface area contributed by atoms with Gasteiger partial charge in [0.1, 0.15) is 18.2 Å². The molecule has 0 bridgehead atoms. The van der Waals surface area contributed by atoms with E-state index in [4.69, 9.17) is 10.5 Å². The standard InChI is InChI=1S/C14H14FNO3S/c15-11-2-1-3-14(10-11)20(17,18)9-8-19-13-6-4-12(16)5-7-13/h1-7,10H,8-9,16H2. The maximum atomic E-state index is 13.0. The molecule has 0 unspecified atom stereocenters. The summed E-state index contributed by atoms with van der Waals surface area (Å²) in [5.41, 5.74) is 6.13. The predicted molar refractivity (Wildman–Crippen MR) is 74.8 cm³/mol. The van der Waals surface area contributed by atoms with Gasteiger partial charge in [-0.1, -0.05) is 6.07 Å². The van der Waals surface area contributed by atoms with E-state index in [9.17, 15) is 12.8 Å². The molecule has 0 heterocycles. The highest BCUT2D eigenvalue weighted by Gasteiger charge is 2.15. The molecule has 0 saturated carbocycles. The number of benzene rings is 2. The summed E-state index contributed by atoms with van der Waals surface area (Å²) in [5.74, 6) is -0.264. The average Bonchev–Trinajstić information content (AvgIpc) is 2.41. The molecule has 2 rings (SSSR count). The Morgan fingerprint density at radius 2 is 1.80 bits per heavy atom. The lowest BCUT2D eigenvalue weighted by Gasteiger charge is -2.07. The van der Waals surface area contributed by atoms with Crippen molar-refractivity contribution >= 4 is 15.5 Å². The van der Waals surface area contributed by atoms with Gasteiger partial charge in [-0.25, -0.2) is 12.8 Å². The van der Waals surface area contributed by atoms with Crippen LogP contribution in [0.4, 0.5) is 10.1 Å². The van der Waals surface area contributed by atoms with Crippen LogP contribution in [0, 0.1) is 5.82 Å². The van der Waals surface area contributed by atoms with E-state index in [0.29, 0.717) is 11.4 Å². The molecule has 0 radical (unpaired) electrons. The number of halogens is 1. The van der Waals surface area contributed by atoms with Crippen LogP contribution in [0.3, 0.4) is 0 Å². The zero-order chi connectivity index (χ0) is 14.6. The summed E-state index contributed by atoms with van der Waals surface area (Å²) in [4.78, 5) is -0.0431. The molecule has 0 spiro atoms. The van der Waals surface area contributed by atoms with Gasteiger partial charge in [-0.15, -0.1) is 0 Å². The molecular formula is C14H14FNO3S. The fraction of sp³-hybridized carbons (Fsp3) is 0.143. The molecule has 0 fully saturated rings. The zero-order valence-electron chi connectivity index (χ0n) is 10.6. The summed E-state index contributed by atoms with van der Waals surface area (Å²) < 4.78 is 42.3. The second-order valence-electron chi connectivity index (χ2n) is 4.19. The molecule has 6 heteroatoms. The molecular weight excluding hydrogens is 281 g/mol. The molecule has 0 amide bonds. The molecule has 0 aliphatic carbocycles. The first-order valence-electron chi connectivity index (χ1n) is 5.94. The highest BCUT2D eigenvalue weighted by molar-refractivity contribution is 7.91. The maximum absolute atomic E-state index is 13.0. The molecule has 2 N–H and O–H groups in total. The van der Waals surface area contributed by atoms with Crippen LogP contribution in [0.5, 0.6) is 5.75 Å². The quantitative estimate of drug-likeness (QED) is 0.859. The topological polar surface area (TPSA) is 69.4 Å². The minimum absolute atomic E-state index is 0.0111. The van der Waals surface area contributed by atoms with E-state index in [1.54, 1.807) is 24.3 Å². The number of anilines is 1. The molecule has 2 aromatic carbocycles. The Morgan fingerprint density at radius 3 is 2.45 bits per heavy atom. The fourth-order valence-corrected chi connectivity index (χ4v) is 2.73. The Hall–Kier alpha value is -2.08. The number of ether oxygens (including phenoxy) is 1. The van der Waals surface area contributed by atoms with Crippen molar-refractivity contribution in [3.05, 3.63) is 54.3 Å². The van der Waals surface area contributed by atoms with Crippen molar-refractivity contribution in [2.45, 2.75) is 4.90 Å². The van der Waals surface area contributed by atoms with Crippen molar-refractivity contribution < 1.29 is 17.5 Å². The van der Waals surface area contributed by atoms with Gasteiger partial charge in [0.15, 0.2) is 9.84 Å². The van der Waals surface area contributed by atoms with Crippen LogP contribution in [-0.2, 0) is 9.84 Å². The Kier molecular flexibility index (Phi) is 4.24. The number of hydrogen-bond donors (Lipinski definition) is 1. The predicted octanol–water partition coefficient (Wildman–Crippen LogP) is 2.26. The largest absolute Gasteiger partial charge is 0.493 e. The highest BCUT2D eigenvalue weighted by Crippen LogP contribution is 2.15. The number of nitrogens with two attached hydrogens (primary N) is 1. The summed E-state index contributed by atoms with van der Waals surface area (Å²) >= 11 is 0. The monoisotopic (exact) mass is 295 g/mol. The number of rotatable bonds is 5. The highest BCUT2D eigenvalue weighted by atomic mass is 32.2. The van der Waals surface area contributed by atoms with E-state index in [1.165, 1.54) is 18.2 Å². The normalized spacial score (nSPS) is 11.2. The smallest absolute Gasteiger partial charge is 0.181 e. The summed E-state index contributed by atoms with van der Waals surface area (Å²) in [5, 5.41) is 0. The second kappa shape index (κ2) is 5.92. The lowest BCUT2D eigenvalue weighted by atomic mass is 10.3. The molecule has 0 aliphatic rings. The molecule has 0 aliphatic heterocycles. The summed E-state index contributed by atoms with van der Waals surface area (Å²) in [6.45, 7) is -0.0111. The molecule has 4 nitrogen and oxygen atoms in total. The van der Waals surface area contributed by atoms with Gasteiger partial charge in [0.05, 0.1) is 10.6 Å². The number of hydrogen-bond acceptors (Lipinski definition) is 4. The van der Waals surface area contributed by atoms with E-state index in [1.807, 2.05) is 0 Å². The van der Waals surface area contributed by atoms with Crippen LogP contribution in [0.2, 0.25) is 0 Å². The van der Waals surface area contributed by atoms with Gasteiger partial charge in [0.25, 0.3) is 0 Å². The lowest BCUT2D eigenvalue weighted by Crippen LogP contribution is -2.14. The van der Waals surface area contributed by atoms with Crippen LogP contribution in [0.25, 0.3) is 0 Å². The van der Waals surface area contributed by atoms with E-state index in [2.05, 4.69) is 0 Å². The van der Waals surface area contributed by atoms with Crippen molar-refractivity contribution in [2.75, 3.05) is 18.1 Å². The van der Waals surface area contributed by atoms with Crippen molar-refractivity contribution in [3.8, 4) is 5.75 Å². The van der Waals surface area contributed by atoms with Gasteiger partial charge in [0.2, 0.25) is 0 Å². The first kappa shape index (κ1) is 14.3. The van der Waals surface area contributed by atoms with Crippen LogP contribution in [0.1, 0.15) is 0 Å². The minimum atomic E-state index is -3.55. The van der Waals surface area contributed by atoms with Crippen molar-refractivity contribution in [1.29, 1.82) is 0 Å². The van der Waals surface area contributed by atoms with Gasteiger partial charge in [-0.05, 0) is 42.5 Å². The third-order valence-corrected chi connectivity index (χ3v) is 4.33. The third-order valence-electron chi connectivity index (χ3n) is 2.66. The Bertz CT molecular complexity index is 684. The first-order chi connectivity index (χ1) is 9.47. The SMILES string of the molecule is Nc1ccc(OCCS(=O)(=O)c2cccc(F)c2)cc1. The zero-order valence-corrected chi connectivity index (χ0v) is 11.4. The molecule has 20 heavy (non-hydrogen) atoms. The van der Waals surface area contributed by atoms with E-state index >= 15 is 0 Å². The van der Waals surface area contributed by atoms with E-state index in [-0.39, 0.29) is 17.3 Å². The average molecular weight is 295 g/mol. The summed E-state index contributed by atoms with van der Waals surface area (Å²) in [7, 11) is -3.55. The maximum Gasteiger partial charge on any atom is 0.181 e. The molecule has 0 atom stereocenters. The van der Waals surface area contributed by atoms with Crippen LogP contribution < -0.4 is 10.5 Å². The molecule has 106 valence electrons. The van der Waals surface area contributed by atoms with E-state index < -0.39 is 15.7 Å². The third kappa shape index (κ3) is 3.71. The summed E-state index contributed by atoms with van der Waals surface area (Å²) in [6, 6.07) is 11.6. The minimum Gasteiger partial charge on any atom is -0.493 e. The molecule has 0 aromatic heterocycles. The number of nitrogen functional groups attached to an aromatic ring is 1. The molecule has 2 aromatic rings. The lowest BCUT2D eigenvalue weighted by molar-refractivity contribution is 0.341. The van der Waals surface area contributed by atoms with Gasteiger partial charge < -0.3 is 10.5 Å². The van der Waals surface area contributed by atoms with Gasteiger partial charge >= 0.3 is 0 Å². The number of sulfone groups is 1. The Balaban J connectivity index is 1.98. The van der Waals surface area contributed by atoms with Crippen molar-refractivity contribution in [3.63, 3.8) is 0 Å². The van der Waals surface area contributed by atoms with Crippen molar-refractivity contribution in [2.24, 2.45) is 0 Å².